The lowest BCUT2D eigenvalue weighted by Gasteiger charge is -2.29. The Kier molecular flexibility index (Phi) is 4.37. The number of carboxylic acid groups (broad SMARTS) is 1. The van der Waals surface area contributed by atoms with Crippen molar-refractivity contribution in [2.24, 2.45) is 0 Å². The van der Waals surface area contributed by atoms with Crippen molar-refractivity contribution in [3.8, 4) is 0 Å². The van der Waals surface area contributed by atoms with Gasteiger partial charge in [-0.1, -0.05) is 0 Å². The highest BCUT2D eigenvalue weighted by atomic mass is 16.6. The molecule has 1 saturated heterocycles. The van der Waals surface area contributed by atoms with Crippen LogP contribution in [0.15, 0.2) is 12.3 Å². The van der Waals surface area contributed by atoms with Crippen molar-refractivity contribution < 1.29 is 14.8 Å². The summed E-state index contributed by atoms with van der Waals surface area (Å²) >= 11 is 0. The maximum atomic E-state index is 11.4. The summed E-state index contributed by atoms with van der Waals surface area (Å²) in [4.78, 5) is 29.7. The molecule has 1 aliphatic heterocycles. The molecule has 1 atom stereocenters. The average molecular weight is 294 g/mol. The van der Waals surface area contributed by atoms with Gasteiger partial charge in [-0.15, -0.1) is 0 Å². The molecule has 0 spiro atoms. The lowest BCUT2D eigenvalue weighted by molar-refractivity contribution is -0.385. The number of aromatic carboxylic acids is 1. The third kappa shape index (κ3) is 3.27. The third-order valence-electron chi connectivity index (χ3n) is 3.61. The van der Waals surface area contributed by atoms with E-state index >= 15 is 0 Å². The van der Waals surface area contributed by atoms with Crippen molar-refractivity contribution in [1.82, 2.24) is 9.88 Å². The van der Waals surface area contributed by atoms with Gasteiger partial charge in [0, 0.05) is 25.2 Å². The maximum Gasteiger partial charge on any atom is 0.339 e. The molecule has 8 nitrogen and oxygen atoms in total. The Bertz CT molecular complexity index is 563. The molecule has 1 N–H and O–H groups in total. The number of anilines is 1. The molecular formula is C13H18N4O4. The number of nitro groups is 1. The molecule has 114 valence electrons. The maximum absolute atomic E-state index is 11.4. The van der Waals surface area contributed by atoms with Crippen LogP contribution in [0.25, 0.3) is 0 Å². The molecule has 0 saturated carbocycles. The smallest absolute Gasteiger partial charge is 0.339 e. The van der Waals surface area contributed by atoms with Crippen LogP contribution >= 0.6 is 0 Å². The van der Waals surface area contributed by atoms with Crippen molar-refractivity contribution in [3.05, 3.63) is 27.9 Å². The van der Waals surface area contributed by atoms with Gasteiger partial charge in [0.1, 0.15) is 17.6 Å². The highest BCUT2D eigenvalue weighted by molar-refractivity contribution is 5.94. The second-order valence-corrected chi connectivity index (χ2v) is 5.29. The lowest BCUT2D eigenvalue weighted by Crippen LogP contribution is -2.39. The molecule has 1 aromatic rings. The standard InChI is InChI=1S/C13H18N4O4/c1-9-8-15(2)4-3-5-16(9)12-11(13(18)19)6-10(7-14-12)17(20)21/h6-7,9H,3-5,8H2,1-2H3,(H,18,19). The zero-order chi connectivity index (χ0) is 15.6. The molecule has 0 amide bonds. The number of likely N-dealkylation sites (N-methyl/N-ethyl adjacent to an activating group) is 1. The fraction of sp³-hybridized carbons (Fsp3) is 0.538. The van der Waals surface area contributed by atoms with Gasteiger partial charge in [0.25, 0.3) is 5.69 Å². The highest BCUT2D eigenvalue weighted by Crippen LogP contribution is 2.25. The van der Waals surface area contributed by atoms with Crippen LogP contribution in [0, 0.1) is 10.1 Å². The topological polar surface area (TPSA) is 99.8 Å². The van der Waals surface area contributed by atoms with E-state index in [1.165, 1.54) is 0 Å². The first-order chi connectivity index (χ1) is 9.90. The minimum absolute atomic E-state index is 0.0876. The molecular weight excluding hydrogens is 276 g/mol. The molecule has 2 heterocycles. The van der Waals surface area contributed by atoms with E-state index in [0.29, 0.717) is 12.4 Å². The lowest BCUT2D eigenvalue weighted by atomic mass is 10.2. The Labute approximate surface area is 122 Å². The number of carboxylic acids is 1. The number of rotatable bonds is 3. The summed E-state index contributed by atoms with van der Waals surface area (Å²) in [5.74, 6) is -0.901. The minimum atomic E-state index is -1.20. The molecule has 0 aromatic carbocycles. The summed E-state index contributed by atoms with van der Waals surface area (Å²) in [6.45, 7) is 4.39. The van der Waals surface area contributed by atoms with Gasteiger partial charge in [-0.05, 0) is 26.9 Å². The van der Waals surface area contributed by atoms with Crippen LogP contribution in [-0.2, 0) is 0 Å². The summed E-state index contributed by atoms with van der Waals surface area (Å²) in [5, 5.41) is 20.1. The van der Waals surface area contributed by atoms with Crippen LogP contribution in [0.1, 0.15) is 23.7 Å². The van der Waals surface area contributed by atoms with Crippen LogP contribution in [0.4, 0.5) is 11.5 Å². The van der Waals surface area contributed by atoms with Gasteiger partial charge >= 0.3 is 5.97 Å². The van der Waals surface area contributed by atoms with E-state index in [-0.39, 0.29) is 17.3 Å². The molecule has 21 heavy (non-hydrogen) atoms. The van der Waals surface area contributed by atoms with Crippen LogP contribution < -0.4 is 4.90 Å². The first-order valence-corrected chi connectivity index (χ1v) is 6.73. The summed E-state index contributed by atoms with van der Waals surface area (Å²) in [6, 6.07) is 1.16. The summed E-state index contributed by atoms with van der Waals surface area (Å²) < 4.78 is 0. The van der Waals surface area contributed by atoms with E-state index in [4.69, 9.17) is 0 Å². The monoisotopic (exact) mass is 294 g/mol. The van der Waals surface area contributed by atoms with Gasteiger partial charge in [-0.2, -0.15) is 0 Å². The average Bonchev–Trinajstić information content (AvgIpc) is 2.58. The summed E-state index contributed by atoms with van der Waals surface area (Å²) in [5.41, 5.74) is -0.434. The Morgan fingerprint density at radius 2 is 2.24 bits per heavy atom. The Morgan fingerprint density at radius 1 is 1.52 bits per heavy atom. The second kappa shape index (κ2) is 6.04. The number of hydrogen-bond donors (Lipinski definition) is 1. The first kappa shape index (κ1) is 15.2. The van der Waals surface area contributed by atoms with Gasteiger partial charge in [0.05, 0.1) is 4.92 Å². The molecule has 2 rings (SSSR count). The molecule has 1 aliphatic rings. The summed E-state index contributed by atoms with van der Waals surface area (Å²) in [6.07, 6.45) is 2.00. The SMILES string of the molecule is CC1CN(C)CCCN1c1ncc([N+](=O)[O-])cc1C(=O)O. The van der Waals surface area contributed by atoms with E-state index in [2.05, 4.69) is 9.88 Å². The van der Waals surface area contributed by atoms with Gasteiger partial charge in [-0.25, -0.2) is 9.78 Å². The van der Waals surface area contributed by atoms with Crippen molar-refractivity contribution in [1.29, 1.82) is 0 Å². The van der Waals surface area contributed by atoms with Crippen molar-refractivity contribution in [2.45, 2.75) is 19.4 Å². The second-order valence-electron chi connectivity index (χ2n) is 5.29. The molecule has 0 aliphatic carbocycles. The predicted octanol–water partition coefficient (Wildman–Crippen LogP) is 1.22. The molecule has 1 unspecified atom stereocenters. The van der Waals surface area contributed by atoms with Crippen LogP contribution in [-0.4, -0.2) is 58.6 Å². The minimum Gasteiger partial charge on any atom is -0.478 e. The van der Waals surface area contributed by atoms with Crippen LogP contribution in [0.2, 0.25) is 0 Å². The molecule has 8 heteroatoms. The van der Waals surface area contributed by atoms with Crippen LogP contribution in [0.3, 0.4) is 0 Å². The van der Waals surface area contributed by atoms with E-state index in [0.717, 1.165) is 31.8 Å². The van der Waals surface area contributed by atoms with E-state index in [9.17, 15) is 20.0 Å². The highest BCUT2D eigenvalue weighted by Gasteiger charge is 2.26. The van der Waals surface area contributed by atoms with E-state index in [1.807, 2.05) is 18.9 Å². The Hall–Kier alpha value is -2.22. The number of nitrogens with zero attached hydrogens (tertiary/aromatic N) is 4. The number of hydrogen-bond acceptors (Lipinski definition) is 6. The number of pyridine rings is 1. The Balaban J connectivity index is 2.42. The zero-order valence-electron chi connectivity index (χ0n) is 12.0. The van der Waals surface area contributed by atoms with Gasteiger partial charge < -0.3 is 14.9 Å². The molecule has 0 radical (unpaired) electrons. The van der Waals surface area contributed by atoms with E-state index < -0.39 is 10.9 Å². The van der Waals surface area contributed by atoms with Crippen molar-refractivity contribution in [3.63, 3.8) is 0 Å². The normalized spacial score (nSPS) is 20.1. The Morgan fingerprint density at radius 3 is 2.86 bits per heavy atom. The van der Waals surface area contributed by atoms with Crippen LogP contribution in [0.5, 0.6) is 0 Å². The fourth-order valence-electron chi connectivity index (χ4n) is 2.62. The number of aromatic nitrogens is 1. The quantitative estimate of drug-likeness (QED) is 0.660. The van der Waals surface area contributed by atoms with Gasteiger partial charge in [0.15, 0.2) is 0 Å². The molecule has 0 bridgehead atoms. The largest absolute Gasteiger partial charge is 0.478 e. The zero-order valence-corrected chi connectivity index (χ0v) is 12.0. The van der Waals surface area contributed by atoms with Crippen molar-refractivity contribution >= 4 is 17.5 Å². The number of carbonyl (C=O) groups is 1. The first-order valence-electron chi connectivity index (χ1n) is 6.73. The predicted molar refractivity (Wildman–Crippen MR) is 76.8 cm³/mol. The van der Waals surface area contributed by atoms with Gasteiger partial charge in [-0.3, -0.25) is 10.1 Å². The summed E-state index contributed by atoms with van der Waals surface area (Å²) in [7, 11) is 2.02. The molecule has 1 aromatic heterocycles. The van der Waals surface area contributed by atoms with Gasteiger partial charge in [0.2, 0.25) is 0 Å². The van der Waals surface area contributed by atoms with Crippen molar-refractivity contribution in [2.75, 3.05) is 31.6 Å². The van der Waals surface area contributed by atoms with E-state index in [1.54, 1.807) is 0 Å². The third-order valence-corrected chi connectivity index (χ3v) is 3.61. The molecule has 1 fully saturated rings. The fourth-order valence-corrected chi connectivity index (χ4v) is 2.62.